The minimum absolute atomic E-state index is 0.129. The maximum atomic E-state index is 12.6. The highest BCUT2D eigenvalue weighted by atomic mass is 16.2. The smallest absolute Gasteiger partial charge is 0.255 e. The highest BCUT2D eigenvalue weighted by Gasteiger charge is 2.38. The monoisotopic (exact) mass is 358 g/mol. The number of unbranched alkanes of at least 4 members (excludes halogenated alkanes) is 2. The van der Waals surface area contributed by atoms with Gasteiger partial charge < -0.3 is 16.0 Å². The van der Waals surface area contributed by atoms with Crippen molar-refractivity contribution in [3.05, 3.63) is 34.9 Å². The highest BCUT2D eigenvalue weighted by Crippen LogP contribution is 2.28. The van der Waals surface area contributed by atoms with E-state index in [4.69, 9.17) is 5.73 Å². The zero-order valence-electron chi connectivity index (χ0n) is 14.9. The quantitative estimate of drug-likeness (QED) is 0.468. The van der Waals surface area contributed by atoms with Gasteiger partial charge in [0.05, 0.1) is 0 Å². The molecule has 3 rings (SSSR count). The molecule has 3 amide bonds. The summed E-state index contributed by atoms with van der Waals surface area (Å²) in [5, 5.41) is 5.73. The fourth-order valence-electron chi connectivity index (χ4n) is 3.54. The van der Waals surface area contributed by atoms with Gasteiger partial charge in [0.2, 0.25) is 11.8 Å². The van der Waals surface area contributed by atoms with Crippen LogP contribution in [0.15, 0.2) is 18.2 Å². The summed E-state index contributed by atoms with van der Waals surface area (Å²) in [7, 11) is 0. The fraction of sp³-hybridized carbons (Fsp3) is 0.526. The lowest BCUT2D eigenvalue weighted by atomic mass is 10.0. The minimum Gasteiger partial charge on any atom is -0.330 e. The van der Waals surface area contributed by atoms with Crippen molar-refractivity contribution in [1.82, 2.24) is 15.5 Å². The molecule has 0 bridgehead atoms. The summed E-state index contributed by atoms with van der Waals surface area (Å²) >= 11 is 0. The molecule has 0 aliphatic carbocycles. The molecule has 1 aromatic rings. The van der Waals surface area contributed by atoms with Crippen LogP contribution in [0, 0.1) is 0 Å². The molecule has 0 spiro atoms. The van der Waals surface area contributed by atoms with Gasteiger partial charge in [-0.15, -0.1) is 0 Å². The fourth-order valence-corrected chi connectivity index (χ4v) is 3.54. The molecule has 7 nitrogen and oxygen atoms in total. The number of nitrogens with zero attached hydrogens (tertiary/aromatic N) is 1. The van der Waals surface area contributed by atoms with Crippen LogP contribution in [0.4, 0.5) is 0 Å². The molecular formula is C19H26N4O3. The maximum Gasteiger partial charge on any atom is 0.255 e. The van der Waals surface area contributed by atoms with Crippen LogP contribution in [0.2, 0.25) is 0 Å². The minimum atomic E-state index is -0.559. The molecule has 1 atom stereocenters. The summed E-state index contributed by atoms with van der Waals surface area (Å²) in [4.78, 5) is 37.6. The number of rotatable bonds is 8. The van der Waals surface area contributed by atoms with Gasteiger partial charge in [0, 0.05) is 25.1 Å². The Morgan fingerprint density at radius 1 is 1.19 bits per heavy atom. The van der Waals surface area contributed by atoms with E-state index >= 15 is 0 Å². The van der Waals surface area contributed by atoms with Gasteiger partial charge in [-0.25, -0.2) is 0 Å². The number of carbonyl (C=O) groups is 3. The number of amides is 3. The molecule has 0 saturated carbocycles. The first-order chi connectivity index (χ1) is 12.6. The Bertz CT molecular complexity index is 704. The van der Waals surface area contributed by atoms with E-state index in [0.717, 1.165) is 50.0 Å². The van der Waals surface area contributed by atoms with Crippen molar-refractivity contribution in [2.45, 2.75) is 51.2 Å². The zero-order valence-corrected chi connectivity index (χ0v) is 14.9. The summed E-state index contributed by atoms with van der Waals surface area (Å²) in [6.07, 6.45) is 3.95. The lowest BCUT2D eigenvalue weighted by molar-refractivity contribution is -0.136. The summed E-state index contributed by atoms with van der Waals surface area (Å²) < 4.78 is 0. The number of benzene rings is 1. The third-order valence-electron chi connectivity index (χ3n) is 4.97. The predicted octanol–water partition coefficient (Wildman–Crippen LogP) is 0.666. The van der Waals surface area contributed by atoms with Crippen molar-refractivity contribution >= 4 is 17.7 Å². The van der Waals surface area contributed by atoms with Gasteiger partial charge in [-0.3, -0.25) is 19.7 Å². The standard InChI is InChI=1S/C19H26N4O3/c20-8-2-1-3-9-21-11-13-4-5-15-14(10-13)12-23(19(15)26)16-6-7-17(24)22-18(16)25/h4-5,10,16,21H,1-3,6-9,11-12,20H2,(H,22,24,25). The van der Waals surface area contributed by atoms with Gasteiger partial charge >= 0.3 is 0 Å². The number of carbonyl (C=O) groups excluding carboxylic acids is 3. The molecule has 1 unspecified atom stereocenters. The van der Waals surface area contributed by atoms with E-state index in [9.17, 15) is 14.4 Å². The van der Waals surface area contributed by atoms with Crippen LogP contribution in [-0.2, 0) is 22.7 Å². The van der Waals surface area contributed by atoms with Crippen molar-refractivity contribution < 1.29 is 14.4 Å². The van der Waals surface area contributed by atoms with Crippen molar-refractivity contribution in [2.24, 2.45) is 5.73 Å². The van der Waals surface area contributed by atoms with Crippen LogP contribution in [0.3, 0.4) is 0 Å². The molecule has 1 saturated heterocycles. The van der Waals surface area contributed by atoms with Gasteiger partial charge in [0.1, 0.15) is 6.04 Å². The number of nitrogens with two attached hydrogens (primary N) is 1. The maximum absolute atomic E-state index is 12.6. The number of nitrogens with one attached hydrogen (secondary N) is 2. The molecular weight excluding hydrogens is 332 g/mol. The second-order valence-corrected chi connectivity index (χ2v) is 6.92. The van der Waals surface area contributed by atoms with Gasteiger partial charge in [-0.2, -0.15) is 0 Å². The van der Waals surface area contributed by atoms with Crippen molar-refractivity contribution in [2.75, 3.05) is 13.1 Å². The largest absolute Gasteiger partial charge is 0.330 e. The number of hydrogen-bond donors (Lipinski definition) is 3. The summed E-state index contributed by atoms with van der Waals surface area (Å²) in [6.45, 7) is 2.86. The summed E-state index contributed by atoms with van der Waals surface area (Å²) in [5.74, 6) is -0.771. The molecule has 7 heteroatoms. The van der Waals surface area contributed by atoms with E-state index in [1.165, 1.54) is 0 Å². The van der Waals surface area contributed by atoms with E-state index in [0.29, 0.717) is 18.5 Å². The number of fused-ring (bicyclic) bond motifs is 1. The van der Waals surface area contributed by atoms with Crippen LogP contribution in [0.1, 0.15) is 53.6 Å². The predicted molar refractivity (Wildman–Crippen MR) is 97.1 cm³/mol. The SMILES string of the molecule is NCCCCCNCc1ccc2c(c1)CN(C1CCC(=O)NC1=O)C2=O. The van der Waals surface area contributed by atoms with Crippen molar-refractivity contribution in [3.63, 3.8) is 0 Å². The van der Waals surface area contributed by atoms with Crippen LogP contribution in [-0.4, -0.2) is 41.8 Å². The van der Waals surface area contributed by atoms with Crippen LogP contribution < -0.4 is 16.4 Å². The second-order valence-electron chi connectivity index (χ2n) is 6.92. The highest BCUT2D eigenvalue weighted by molar-refractivity contribution is 6.05. The topological polar surface area (TPSA) is 105 Å². The number of hydrogen-bond acceptors (Lipinski definition) is 5. The third-order valence-corrected chi connectivity index (χ3v) is 4.97. The van der Waals surface area contributed by atoms with Gasteiger partial charge in [0.15, 0.2) is 0 Å². The third kappa shape index (κ3) is 4.11. The molecule has 0 aromatic heterocycles. The van der Waals surface area contributed by atoms with E-state index in [1.54, 1.807) is 4.90 Å². The molecule has 1 aromatic carbocycles. The Labute approximate surface area is 153 Å². The Balaban J connectivity index is 1.58. The Morgan fingerprint density at radius 2 is 2.04 bits per heavy atom. The van der Waals surface area contributed by atoms with Gasteiger partial charge in [0.25, 0.3) is 5.91 Å². The molecule has 1 fully saturated rings. The zero-order chi connectivity index (χ0) is 18.5. The van der Waals surface area contributed by atoms with Gasteiger partial charge in [-0.1, -0.05) is 18.6 Å². The van der Waals surface area contributed by atoms with E-state index < -0.39 is 6.04 Å². The second kappa shape index (κ2) is 8.42. The van der Waals surface area contributed by atoms with Crippen molar-refractivity contribution in [1.29, 1.82) is 0 Å². The van der Waals surface area contributed by atoms with Crippen LogP contribution in [0.25, 0.3) is 0 Å². The van der Waals surface area contributed by atoms with Crippen LogP contribution >= 0.6 is 0 Å². The average Bonchev–Trinajstić information content (AvgIpc) is 2.94. The summed E-state index contributed by atoms with van der Waals surface area (Å²) in [5.41, 5.74) is 8.21. The lowest BCUT2D eigenvalue weighted by Crippen LogP contribution is -2.52. The molecule has 0 radical (unpaired) electrons. The molecule has 2 aliphatic rings. The molecule has 2 heterocycles. The Hall–Kier alpha value is -2.25. The number of piperidine rings is 1. The van der Waals surface area contributed by atoms with Crippen molar-refractivity contribution in [3.8, 4) is 0 Å². The normalized spacial score (nSPS) is 19.7. The summed E-state index contributed by atoms with van der Waals surface area (Å²) in [6, 6.07) is 5.27. The molecule has 4 N–H and O–H groups in total. The first kappa shape index (κ1) is 18.5. The Morgan fingerprint density at radius 3 is 2.81 bits per heavy atom. The first-order valence-electron chi connectivity index (χ1n) is 9.27. The Kier molecular flexibility index (Phi) is 6.00. The van der Waals surface area contributed by atoms with E-state index in [1.807, 2.05) is 18.2 Å². The number of imide groups is 1. The molecule has 26 heavy (non-hydrogen) atoms. The lowest BCUT2D eigenvalue weighted by Gasteiger charge is -2.29. The molecule has 2 aliphatic heterocycles. The van der Waals surface area contributed by atoms with E-state index in [-0.39, 0.29) is 24.1 Å². The van der Waals surface area contributed by atoms with Gasteiger partial charge in [-0.05, 0) is 49.5 Å². The van der Waals surface area contributed by atoms with Crippen LogP contribution in [0.5, 0.6) is 0 Å². The molecule has 140 valence electrons. The average molecular weight is 358 g/mol. The van der Waals surface area contributed by atoms with E-state index in [2.05, 4.69) is 10.6 Å². The first-order valence-corrected chi connectivity index (χ1v) is 9.27.